The molecule has 4 N–H and O–H groups in total. The van der Waals surface area contributed by atoms with E-state index in [-0.39, 0.29) is 53.3 Å². The SMILES string of the molecule is Cn1c(=O)n(C2CCC(=O)NC2=O)c2ccc(CN3CCN(CCO[C@H]4C[C@H](NC(=O)c5ccc(-n6cc(NC(=O)c7coc(-c8ccnc(NCC9CC9)c8)n7)c(C(F)F)n6)cc5)C4)CC3)cc21. The molecule has 2 aromatic carbocycles. The zero-order valence-electron chi connectivity index (χ0n) is 37.9. The van der Waals surface area contributed by atoms with Crippen LogP contribution >= 0.6 is 0 Å². The van der Waals surface area contributed by atoms with Crippen molar-refractivity contribution in [3.63, 3.8) is 0 Å². The van der Waals surface area contributed by atoms with Gasteiger partial charge in [0.15, 0.2) is 11.4 Å². The molecule has 360 valence electrons. The van der Waals surface area contributed by atoms with E-state index in [2.05, 4.69) is 46.1 Å². The minimum absolute atomic E-state index is 0.0360. The van der Waals surface area contributed by atoms with Crippen molar-refractivity contribution in [2.45, 2.75) is 69.7 Å². The van der Waals surface area contributed by atoms with Gasteiger partial charge in [-0.15, -0.1) is 0 Å². The zero-order chi connectivity index (χ0) is 47.8. The van der Waals surface area contributed by atoms with Gasteiger partial charge >= 0.3 is 5.69 Å². The quantitative estimate of drug-likeness (QED) is 0.0917. The van der Waals surface area contributed by atoms with Gasteiger partial charge in [0.25, 0.3) is 18.2 Å². The van der Waals surface area contributed by atoms with Crippen LogP contribution in [0.3, 0.4) is 0 Å². The molecule has 0 bridgehead atoms. The molecule has 69 heavy (non-hydrogen) atoms. The first-order valence-corrected chi connectivity index (χ1v) is 23.3. The number of amides is 4. The Morgan fingerprint density at radius 2 is 1.72 bits per heavy atom. The maximum atomic E-state index is 14.1. The third-order valence-corrected chi connectivity index (χ3v) is 13.3. The number of halogens is 2. The topological polar surface area (TPSA) is 216 Å². The highest BCUT2D eigenvalue weighted by Crippen LogP contribution is 2.31. The number of hydrogen-bond acceptors (Lipinski definition) is 13. The fraction of sp³-hybridized carbons (Fsp3) is 0.417. The fourth-order valence-corrected chi connectivity index (χ4v) is 9.07. The summed E-state index contributed by atoms with van der Waals surface area (Å²) in [6.07, 6.45) is 5.39. The number of hydrogen-bond donors (Lipinski definition) is 4. The van der Waals surface area contributed by atoms with Crippen LogP contribution in [0, 0.1) is 5.92 Å². The van der Waals surface area contributed by atoms with E-state index in [4.69, 9.17) is 9.15 Å². The minimum Gasteiger partial charge on any atom is -0.444 e. The predicted octanol–water partition coefficient (Wildman–Crippen LogP) is 4.66. The number of aromatic nitrogens is 6. The number of imidazole rings is 1. The maximum Gasteiger partial charge on any atom is 0.329 e. The number of carbonyl (C=O) groups is 4. The first-order valence-electron chi connectivity index (χ1n) is 23.3. The number of nitrogens with zero attached hydrogens (tertiary/aromatic N) is 8. The Labute approximate surface area is 394 Å². The molecule has 2 saturated heterocycles. The number of pyridine rings is 1. The van der Waals surface area contributed by atoms with E-state index in [1.807, 2.05) is 18.2 Å². The van der Waals surface area contributed by atoms with E-state index < -0.39 is 30.0 Å². The molecule has 19 nitrogen and oxygen atoms in total. The van der Waals surface area contributed by atoms with Gasteiger partial charge in [-0.05, 0) is 92.1 Å². The van der Waals surface area contributed by atoms with E-state index >= 15 is 0 Å². The first kappa shape index (κ1) is 45.7. The Morgan fingerprint density at radius 1 is 0.942 bits per heavy atom. The summed E-state index contributed by atoms with van der Waals surface area (Å²) in [7, 11) is 1.70. The van der Waals surface area contributed by atoms with Crippen molar-refractivity contribution in [2.24, 2.45) is 13.0 Å². The number of aryl methyl sites for hydroxylation is 1. The largest absolute Gasteiger partial charge is 0.444 e. The summed E-state index contributed by atoms with van der Waals surface area (Å²) in [6.45, 7) is 6.47. The molecule has 1 atom stereocenters. The second-order valence-corrected chi connectivity index (χ2v) is 18.2. The van der Waals surface area contributed by atoms with Crippen LogP contribution in [-0.4, -0.2) is 120 Å². The molecular weight excluding hydrogens is 895 g/mol. The van der Waals surface area contributed by atoms with Crippen LogP contribution in [0.15, 0.2) is 82.5 Å². The Kier molecular flexibility index (Phi) is 12.9. The van der Waals surface area contributed by atoms with Gasteiger partial charge in [-0.2, -0.15) is 5.10 Å². The lowest BCUT2D eigenvalue weighted by atomic mass is 9.89. The van der Waals surface area contributed by atoms with Gasteiger partial charge in [0.05, 0.1) is 41.3 Å². The van der Waals surface area contributed by atoms with Crippen LogP contribution in [0.5, 0.6) is 0 Å². The lowest BCUT2D eigenvalue weighted by Crippen LogP contribution is -2.49. The molecule has 1 unspecified atom stereocenters. The van der Waals surface area contributed by atoms with E-state index in [0.29, 0.717) is 59.9 Å². The molecule has 0 spiro atoms. The second kappa shape index (κ2) is 19.5. The van der Waals surface area contributed by atoms with E-state index in [1.54, 1.807) is 54.2 Å². The summed E-state index contributed by atoms with van der Waals surface area (Å²) in [5, 5.41) is 15.2. The lowest BCUT2D eigenvalue weighted by Gasteiger charge is -2.37. The van der Waals surface area contributed by atoms with Gasteiger partial charge in [-0.3, -0.25) is 43.4 Å². The highest BCUT2D eigenvalue weighted by Gasteiger charge is 2.33. The summed E-state index contributed by atoms with van der Waals surface area (Å²) in [5.41, 5.74) is 2.71. The zero-order valence-corrected chi connectivity index (χ0v) is 37.9. The standard InChI is InChI=1S/C48H52F2N12O7/c1-58-39-20-29(4-9-37(39)62(48(58)67)38-10-11-41(63)56-46(38)66)25-60-16-14-59(15-17-60)18-19-68-34-22-32(23-34)53-44(64)30-5-7-33(8-6-30)61-26-35(42(57-61)43(49)50)54-45(65)36-27-69-47(55-36)31-12-13-51-40(21-31)52-24-28-2-3-28/h4-9,12-13,20-21,26-28,32,34,38,43H,2-3,10-11,14-19,22-25H2,1H3,(H,51,52)(H,53,64)(H,54,65)(H,56,63,66)/t32-,34-,38?. The smallest absolute Gasteiger partial charge is 0.329 e. The van der Waals surface area contributed by atoms with Crippen LogP contribution < -0.4 is 27.0 Å². The van der Waals surface area contributed by atoms with Gasteiger partial charge in [0.1, 0.15) is 18.1 Å². The molecule has 6 heterocycles. The Bertz CT molecular complexity index is 2950. The molecule has 2 aliphatic heterocycles. The summed E-state index contributed by atoms with van der Waals surface area (Å²) in [6, 6.07) is 15.0. The second-order valence-electron chi connectivity index (χ2n) is 18.2. The molecule has 0 radical (unpaired) electrons. The minimum atomic E-state index is -2.98. The van der Waals surface area contributed by atoms with Crippen molar-refractivity contribution < 1.29 is 37.1 Å². The van der Waals surface area contributed by atoms with Crippen molar-refractivity contribution in [1.29, 1.82) is 0 Å². The monoisotopic (exact) mass is 946 g/mol. The Morgan fingerprint density at radius 3 is 2.48 bits per heavy atom. The fourth-order valence-electron chi connectivity index (χ4n) is 9.07. The predicted molar refractivity (Wildman–Crippen MR) is 248 cm³/mol. The van der Waals surface area contributed by atoms with Crippen molar-refractivity contribution >= 4 is 46.2 Å². The Hall–Kier alpha value is -7.10. The molecule has 2 aliphatic carbocycles. The molecule has 2 saturated carbocycles. The van der Waals surface area contributed by atoms with Gasteiger partial charge in [0, 0.05) is 82.6 Å². The van der Waals surface area contributed by atoms with E-state index in [9.17, 15) is 32.8 Å². The van der Waals surface area contributed by atoms with E-state index in [1.165, 1.54) is 28.3 Å². The number of alkyl halides is 2. The van der Waals surface area contributed by atoms with Crippen molar-refractivity contribution in [2.75, 3.05) is 56.5 Å². The third kappa shape index (κ3) is 10.2. The number of piperidine rings is 1. The molecule has 4 aromatic heterocycles. The van der Waals surface area contributed by atoms with Crippen LogP contribution in [0.1, 0.15) is 83.1 Å². The number of ether oxygens (including phenoxy) is 1. The molecule has 10 rings (SSSR count). The number of rotatable bonds is 17. The number of carbonyl (C=O) groups excluding carboxylic acids is 4. The summed E-state index contributed by atoms with van der Waals surface area (Å²) in [5.74, 6) is -0.289. The van der Waals surface area contributed by atoms with Gasteiger partial charge in [0.2, 0.25) is 17.7 Å². The molecular formula is C48H52F2N12O7. The van der Waals surface area contributed by atoms with Crippen molar-refractivity contribution in [1.82, 2.24) is 49.3 Å². The molecule has 4 amide bonds. The number of imide groups is 1. The molecule has 21 heteroatoms. The lowest BCUT2D eigenvalue weighted by molar-refractivity contribution is -0.135. The summed E-state index contributed by atoms with van der Waals surface area (Å²) in [4.78, 5) is 77.0. The first-order chi connectivity index (χ1) is 33.4. The van der Waals surface area contributed by atoms with Crippen LogP contribution in [-0.2, 0) is 27.9 Å². The number of piperazine rings is 1. The molecule has 6 aromatic rings. The van der Waals surface area contributed by atoms with Crippen LogP contribution in [0.25, 0.3) is 28.2 Å². The van der Waals surface area contributed by atoms with E-state index in [0.717, 1.165) is 63.2 Å². The van der Waals surface area contributed by atoms with Crippen LogP contribution in [0.2, 0.25) is 0 Å². The molecule has 4 fully saturated rings. The maximum absolute atomic E-state index is 14.1. The van der Waals surface area contributed by atoms with Gasteiger partial charge < -0.3 is 25.1 Å². The van der Waals surface area contributed by atoms with Crippen molar-refractivity contribution in [3.8, 4) is 17.1 Å². The third-order valence-electron chi connectivity index (χ3n) is 13.3. The van der Waals surface area contributed by atoms with Crippen molar-refractivity contribution in [3.05, 3.63) is 106 Å². The Balaban J connectivity index is 0.647. The number of oxazole rings is 1. The summed E-state index contributed by atoms with van der Waals surface area (Å²) < 4.78 is 44.2. The van der Waals surface area contributed by atoms with Gasteiger partial charge in [-0.1, -0.05) is 6.07 Å². The highest BCUT2D eigenvalue weighted by molar-refractivity contribution is 6.03. The number of anilines is 2. The number of benzene rings is 2. The van der Waals surface area contributed by atoms with Crippen LogP contribution in [0.4, 0.5) is 20.3 Å². The highest BCUT2D eigenvalue weighted by atomic mass is 19.3. The number of fused-ring (bicyclic) bond motifs is 1. The average molecular weight is 947 g/mol. The summed E-state index contributed by atoms with van der Waals surface area (Å²) >= 11 is 0. The normalized spacial score (nSPS) is 20.0. The van der Waals surface area contributed by atoms with Gasteiger partial charge in [-0.25, -0.2) is 28.2 Å². The average Bonchev–Trinajstić information content (AvgIpc) is 3.75. The number of nitrogens with one attached hydrogen (secondary N) is 4. The molecule has 4 aliphatic rings.